The molecule has 2 aromatic carbocycles. The van der Waals surface area contributed by atoms with E-state index in [1.54, 1.807) is 6.92 Å². The van der Waals surface area contributed by atoms with Gasteiger partial charge in [-0.25, -0.2) is 9.50 Å². The van der Waals surface area contributed by atoms with Gasteiger partial charge in [-0.3, -0.25) is 4.79 Å². The summed E-state index contributed by atoms with van der Waals surface area (Å²) in [5.41, 5.74) is 5.51. The van der Waals surface area contributed by atoms with Crippen LogP contribution in [-0.4, -0.2) is 25.7 Å². The molecule has 33 heavy (non-hydrogen) atoms. The minimum atomic E-state index is -1.19. The van der Waals surface area contributed by atoms with Gasteiger partial charge in [-0.1, -0.05) is 80.9 Å². The van der Waals surface area contributed by atoms with Crippen molar-refractivity contribution in [2.24, 2.45) is 0 Å². The Morgan fingerprint density at radius 1 is 0.970 bits per heavy atom. The van der Waals surface area contributed by atoms with E-state index in [-0.39, 0.29) is 5.41 Å². The molecule has 0 aliphatic rings. The quantitative estimate of drug-likeness (QED) is 0.419. The molecule has 0 bridgehead atoms. The zero-order valence-electron chi connectivity index (χ0n) is 20.2. The summed E-state index contributed by atoms with van der Waals surface area (Å²) in [5.74, 6) is -0.882. The van der Waals surface area contributed by atoms with Crippen LogP contribution in [0.1, 0.15) is 55.8 Å². The van der Waals surface area contributed by atoms with Crippen molar-refractivity contribution in [1.82, 2.24) is 14.6 Å². The Bertz CT molecular complexity index is 1320. The molecule has 2 heterocycles. The predicted octanol–water partition coefficient (Wildman–Crippen LogP) is 5.90. The van der Waals surface area contributed by atoms with Gasteiger partial charge >= 0.3 is 5.97 Å². The zero-order chi connectivity index (χ0) is 24.0. The number of aliphatic carboxylic acids is 1. The third-order valence-electron chi connectivity index (χ3n) is 6.30. The maximum Gasteiger partial charge on any atom is 0.314 e. The molecule has 170 valence electrons. The van der Waals surface area contributed by atoms with Crippen molar-refractivity contribution >= 4 is 11.6 Å². The Morgan fingerprint density at radius 2 is 1.61 bits per heavy atom. The summed E-state index contributed by atoms with van der Waals surface area (Å²) < 4.78 is 1.83. The van der Waals surface area contributed by atoms with Crippen molar-refractivity contribution in [1.29, 1.82) is 0 Å². The van der Waals surface area contributed by atoms with Crippen LogP contribution in [0.25, 0.3) is 16.9 Å². The second-order valence-electron chi connectivity index (χ2n) is 10.1. The minimum Gasteiger partial charge on any atom is -0.481 e. The Balaban J connectivity index is 2.07. The molecule has 0 aliphatic heterocycles. The third kappa shape index (κ3) is 4.15. The summed E-state index contributed by atoms with van der Waals surface area (Å²) in [5, 5.41) is 15.5. The molecule has 1 N–H and O–H groups in total. The first-order valence-electron chi connectivity index (χ1n) is 11.3. The molecule has 4 rings (SSSR count). The highest BCUT2D eigenvalue weighted by Gasteiger charge is 2.41. The smallest absolute Gasteiger partial charge is 0.314 e. The monoisotopic (exact) mass is 441 g/mol. The number of benzene rings is 2. The van der Waals surface area contributed by atoms with Crippen LogP contribution >= 0.6 is 0 Å². The van der Waals surface area contributed by atoms with Gasteiger partial charge in [0.05, 0.1) is 16.8 Å². The molecule has 5 nitrogen and oxygen atoms in total. The number of carbonyl (C=O) groups is 1. The largest absolute Gasteiger partial charge is 0.481 e. The van der Waals surface area contributed by atoms with Crippen LogP contribution in [0.5, 0.6) is 0 Å². The van der Waals surface area contributed by atoms with Crippen molar-refractivity contribution < 1.29 is 9.90 Å². The first-order chi connectivity index (χ1) is 15.5. The Labute approximate surface area is 195 Å². The molecule has 4 aromatic rings. The molecule has 2 aromatic heterocycles. The Morgan fingerprint density at radius 3 is 2.18 bits per heavy atom. The van der Waals surface area contributed by atoms with Crippen LogP contribution < -0.4 is 0 Å². The summed E-state index contributed by atoms with van der Waals surface area (Å²) >= 11 is 0. The minimum absolute atomic E-state index is 0.160. The van der Waals surface area contributed by atoms with Gasteiger partial charge in [0.15, 0.2) is 5.65 Å². The van der Waals surface area contributed by atoms with Crippen LogP contribution in [0.3, 0.4) is 0 Å². The van der Waals surface area contributed by atoms with Gasteiger partial charge in [-0.05, 0) is 32.8 Å². The topological polar surface area (TPSA) is 67.5 Å². The van der Waals surface area contributed by atoms with Gasteiger partial charge in [-0.15, -0.1) is 0 Å². The number of aryl methyl sites for hydroxylation is 2. The number of fused-ring (bicyclic) bond motifs is 1. The lowest BCUT2D eigenvalue weighted by molar-refractivity contribution is -0.143. The van der Waals surface area contributed by atoms with Crippen LogP contribution in [0.15, 0.2) is 60.7 Å². The van der Waals surface area contributed by atoms with E-state index in [0.717, 1.165) is 33.7 Å². The fourth-order valence-corrected chi connectivity index (χ4v) is 4.40. The van der Waals surface area contributed by atoms with E-state index in [1.165, 1.54) is 0 Å². The number of aromatic nitrogens is 3. The average molecular weight is 442 g/mol. The molecular weight excluding hydrogens is 410 g/mol. The lowest BCUT2D eigenvalue weighted by atomic mass is 9.74. The molecule has 1 unspecified atom stereocenters. The molecular formula is C28H31N3O2. The number of hydrogen-bond donors (Lipinski definition) is 1. The molecule has 0 fully saturated rings. The highest BCUT2D eigenvalue weighted by atomic mass is 16.4. The summed E-state index contributed by atoms with van der Waals surface area (Å²) in [4.78, 5) is 17.7. The Kier molecular flexibility index (Phi) is 5.61. The lowest BCUT2D eigenvalue weighted by Crippen LogP contribution is -2.37. The van der Waals surface area contributed by atoms with Crippen molar-refractivity contribution in [2.75, 3.05) is 0 Å². The number of rotatable bonds is 5. The molecule has 0 amide bonds. The van der Waals surface area contributed by atoms with E-state index in [4.69, 9.17) is 10.1 Å². The summed E-state index contributed by atoms with van der Waals surface area (Å²) in [6.45, 7) is 12.1. The van der Waals surface area contributed by atoms with Crippen molar-refractivity contribution in [3.63, 3.8) is 0 Å². The fourth-order valence-electron chi connectivity index (χ4n) is 4.40. The van der Waals surface area contributed by atoms with Gasteiger partial charge in [-0.2, -0.15) is 5.10 Å². The molecule has 0 aliphatic carbocycles. The van der Waals surface area contributed by atoms with E-state index in [1.807, 2.05) is 79.0 Å². The number of carboxylic acid groups (broad SMARTS) is 1. The first-order valence-corrected chi connectivity index (χ1v) is 11.3. The van der Waals surface area contributed by atoms with Crippen LogP contribution in [0.4, 0.5) is 0 Å². The van der Waals surface area contributed by atoms with Crippen LogP contribution in [0.2, 0.25) is 0 Å². The number of nitrogens with zero attached hydrogens (tertiary/aromatic N) is 3. The zero-order valence-corrected chi connectivity index (χ0v) is 20.2. The predicted molar refractivity (Wildman–Crippen MR) is 132 cm³/mol. The van der Waals surface area contributed by atoms with Gasteiger partial charge in [0.2, 0.25) is 0 Å². The van der Waals surface area contributed by atoms with E-state index in [2.05, 4.69) is 20.8 Å². The first kappa shape index (κ1) is 22.7. The molecule has 0 saturated carbocycles. The molecule has 0 spiro atoms. The van der Waals surface area contributed by atoms with E-state index in [0.29, 0.717) is 17.7 Å². The van der Waals surface area contributed by atoms with Crippen LogP contribution in [-0.2, 0) is 22.0 Å². The van der Waals surface area contributed by atoms with Crippen molar-refractivity contribution in [2.45, 2.75) is 58.8 Å². The average Bonchev–Trinajstić information content (AvgIpc) is 3.18. The normalized spacial score (nSPS) is 13.8. The SMILES string of the molecule is Cc1ccc(-c2c(C(C)(Cc3ccccc3)C(=O)O)c(C)nc3cc(C(C)(C)C)nn23)cc1. The summed E-state index contributed by atoms with van der Waals surface area (Å²) in [6, 6.07) is 19.9. The molecule has 1 atom stereocenters. The van der Waals surface area contributed by atoms with Gasteiger partial charge < -0.3 is 5.11 Å². The van der Waals surface area contributed by atoms with E-state index >= 15 is 0 Å². The second-order valence-corrected chi connectivity index (χ2v) is 10.1. The fraction of sp³-hybridized carbons (Fsp3) is 0.321. The lowest BCUT2D eigenvalue weighted by Gasteiger charge is -2.29. The maximum atomic E-state index is 12.9. The van der Waals surface area contributed by atoms with Gasteiger partial charge in [0.1, 0.15) is 0 Å². The van der Waals surface area contributed by atoms with E-state index in [9.17, 15) is 9.90 Å². The van der Waals surface area contributed by atoms with Gasteiger partial charge in [0, 0.05) is 28.3 Å². The standard InChI is InChI=1S/C28H31N3O2/c1-18-12-14-21(15-13-18)25-24(28(6,26(32)33)17-20-10-8-7-9-11-20)19(2)29-23-16-22(27(3,4)5)30-31(23)25/h7-16H,17H2,1-6H3,(H,32,33). The van der Waals surface area contributed by atoms with Gasteiger partial charge in [0.25, 0.3) is 0 Å². The number of hydrogen-bond acceptors (Lipinski definition) is 3. The highest BCUT2D eigenvalue weighted by molar-refractivity contribution is 5.86. The summed E-state index contributed by atoms with van der Waals surface area (Å²) in [7, 11) is 0. The maximum absolute atomic E-state index is 12.9. The summed E-state index contributed by atoms with van der Waals surface area (Å²) in [6.07, 6.45) is 0.351. The number of carboxylic acids is 1. The highest BCUT2D eigenvalue weighted by Crippen LogP contribution is 2.39. The Hall–Kier alpha value is -3.47. The van der Waals surface area contributed by atoms with Crippen molar-refractivity contribution in [3.8, 4) is 11.3 Å². The second kappa shape index (κ2) is 8.14. The van der Waals surface area contributed by atoms with Crippen LogP contribution in [0, 0.1) is 13.8 Å². The van der Waals surface area contributed by atoms with Crippen molar-refractivity contribution in [3.05, 3.63) is 88.7 Å². The molecule has 0 saturated heterocycles. The molecule has 5 heteroatoms. The van der Waals surface area contributed by atoms with E-state index < -0.39 is 11.4 Å². The molecule has 0 radical (unpaired) electrons. The third-order valence-corrected chi connectivity index (χ3v) is 6.30.